The number of alkyl halides is 2. The van der Waals surface area contributed by atoms with E-state index in [9.17, 15) is 28.3 Å². The van der Waals surface area contributed by atoms with Crippen LogP contribution in [0.5, 0.6) is 0 Å². The molecule has 4 saturated heterocycles. The summed E-state index contributed by atoms with van der Waals surface area (Å²) >= 11 is 0. The number of hydrogen-bond acceptors (Lipinski definition) is 13. The predicted molar refractivity (Wildman–Crippen MR) is 213 cm³/mol. The molecule has 312 valence electrons. The average molecular weight is 815 g/mol. The van der Waals surface area contributed by atoms with Gasteiger partial charge in [0.25, 0.3) is 12.3 Å². The number of hydrogen-bond donors (Lipinski definition) is 3. The number of benzene rings is 1. The van der Waals surface area contributed by atoms with Crippen molar-refractivity contribution in [3.8, 4) is 0 Å². The van der Waals surface area contributed by atoms with Gasteiger partial charge in [0.05, 0.1) is 53.7 Å². The van der Waals surface area contributed by atoms with E-state index in [1.807, 2.05) is 25.2 Å². The van der Waals surface area contributed by atoms with Crippen LogP contribution in [0.25, 0.3) is 5.65 Å². The van der Waals surface area contributed by atoms with Crippen molar-refractivity contribution in [1.82, 2.24) is 34.6 Å². The van der Waals surface area contributed by atoms with E-state index in [4.69, 9.17) is 9.72 Å². The fourth-order valence-electron chi connectivity index (χ4n) is 10.1. The number of fused-ring (bicyclic) bond motifs is 4. The lowest BCUT2D eigenvalue weighted by Gasteiger charge is -2.39. The van der Waals surface area contributed by atoms with E-state index >= 15 is 0 Å². The van der Waals surface area contributed by atoms with E-state index in [1.54, 1.807) is 20.7 Å². The fourth-order valence-corrected chi connectivity index (χ4v) is 10.1. The zero-order valence-corrected chi connectivity index (χ0v) is 32.8. The molecule has 4 atom stereocenters. The number of amides is 3. The zero-order valence-electron chi connectivity index (χ0n) is 32.8. The molecule has 0 radical (unpaired) electrons. The summed E-state index contributed by atoms with van der Waals surface area (Å²) in [6.45, 7) is 5.65. The average Bonchev–Trinajstić information content (AvgIpc) is 4.08. The van der Waals surface area contributed by atoms with Gasteiger partial charge in [0.1, 0.15) is 17.4 Å². The molecule has 1 aromatic carbocycles. The largest absolute Gasteiger partial charge is 0.374 e. The highest BCUT2D eigenvalue weighted by molar-refractivity contribution is 6.08. The second-order valence-corrected chi connectivity index (χ2v) is 16.7. The molecule has 1 aliphatic carbocycles. The number of rotatable bonds is 9. The molecule has 19 heteroatoms. The zero-order chi connectivity index (χ0) is 40.5. The van der Waals surface area contributed by atoms with Crippen LogP contribution in [0.3, 0.4) is 0 Å². The Balaban J connectivity index is 0.748. The number of piperidine rings is 1. The molecule has 59 heavy (non-hydrogen) atoms. The lowest BCUT2D eigenvalue weighted by atomic mass is 9.85. The normalized spacial score (nSPS) is 27.3. The predicted octanol–water partition coefficient (Wildman–Crippen LogP) is 2.98. The van der Waals surface area contributed by atoms with Crippen molar-refractivity contribution in [3.05, 3.63) is 54.1 Å². The Hall–Kier alpha value is -5.40. The van der Waals surface area contributed by atoms with Crippen LogP contribution < -0.4 is 30.2 Å². The van der Waals surface area contributed by atoms with Crippen LogP contribution in [-0.4, -0.2) is 130 Å². The van der Waals surface area contributed by atoms with Crippen molar-refractivity contribution in [1.29, 1.82) is 0 Å². The molecular weight excluding hydrogens is 767 g/mol. The Morgan fingerprint density at radius 1 is 1.05 bits per heavy atom. The Morgan fingerprint density at radius 2 is 1.85 bits per heavy atom. The van der Waals surface area contributed by atoms with E-state index in [2.05, 4.69) is 41.6 Å². The third-order valence-electron chi connectivity index (χ3n) is 13.2. The third-order valence-corrected chi connectivity index (χ3v) is 13.2. The SMILES string of the molecule is CN1c2c(N3CCN(CC4CCC(n5cc(NC(=O)c6cnn7ccc(N8CC9C[C@@H]8CO9)nc67)c(C(F)F)n5)CC4)CC3)cccc2N(C2CCC(=O)NC2=O)C1O. The Bertz CT molecular complexity index is 2270. The summed E-state index contributed by atoms with van der Waals surface area (Å²) in [5, 5.41) is 24.9. The molecule has 5 aliphatic heterocycles. The van der Waals surface area contributed by atoms with Gasteiger partial charge in [-0.05, 0) is 62.6 Å². The first-order valence-corrected chi connectivity index (χ1v) is 20.6. The van der Waals surface area contributed by atoms with Crippen LogP contribution in [0.15, 0.2) is 42.9 Å². The highest BCUT2D eigenvalue weighted by Gasteiger charge is 2.44. The first-order chi connectivity index (χ1) is 28.6. The minimum absolute atomic E-state index is 0.0112. The van der Waals surface area contributed by atoms with Crippen LogP contribution >= 0.6 is 0 Å². The Labute approximate surface area is 338 Å². The monoisotopic (exact) mass is 814 g/mol. The number of carbonyl (C=O) groups is 3. The lowest BCUT2D eigenvalue weighted by molar-refractivity contribution is -0.134. The number of halogens is 2. The van der Waals surface area contributed by atoms with Gasteiger partial charge in [0, 0.05) is 65.1 Å². The molecule has 3 aromatic heterocycles. The van der Waals surface area contributed by atoms with Gasteiger partial charge in [0.2, 0.25) is 18.2 Å². The number of aliphatic hydroxyl groups is 1. The van der Waals surface area contributed by atoms with Gasteiger partial charge in [0.15, 0.2) is 11.3 Å². The van der Waals surface area contributed by atoms with Gasteiger partial charge in [-0.25, -0.2) is 18.3 Å². The number of piperazine rings is 1. The molecule has 1 saturated carbocycles. The van der Waals surface area contributed by atoms with Crippen molar-refractivity contribution in [2.45, 2.75) is 82.0 Å². The third kappa shape index (κ3) is 6.81. The summed E-state index contributed by atoms with van der Waals surface area (Å²) in [7, 11) is 1.82. The summed E-state index contributed by atoms with van der Waals surface area (Å²) in [6.07, 6.45) is 5.96. The van der Waals surface area contributed by atoms with Crippen molar-refractivity contribution in [2.24, 2.45) is 5.92 Å². The second-order valence-electron chi connectivity index (χ2n) is 16.7. The second kappa shape index (κ2) is 15.0. The molecule has 2 bridgehead atoms. The van der Waals surface area contributed by atoms with Gasteiger partial charge in [-0.15, -0.1) is 0 Å². The molecule has 4 aromatic rings. The lowest BCUT2D eigenvalue weighted by Crippen LogP contribution is -2.56. The number of nitrogens with one attached hydrogen (secondary N) is 2. The highest BCUT2D eigenvalue weighted by atomic mass is 19.3. The number of nitrogens with zero attached hydrogens (tertiary/aromatic N) is 10. The molecule has 3 amide bonds. The van der Waals surface area contributed by atoms with Crippen LogP contribution in [-0.2, 0) is 14.3 Å². The standard InChI is InChI=1S/C40H48F2N12O5/c1-48-35-29(3-2-4-30(35)54(40(48)58)31-9-10-33(55)46-39(31)57)50-15-13-49(14-16-50)19-23-5-7-24(8-6-23)53-21-28(34(47-53)36(41)42)44-38(56)27-18-43-52-12-11-32(45-37(27)52)51-20-26-17-25(51)22-59-26/h2-4,11-12,18,21,23-26,31,36,40,58H,5-10,13-17,19-20,22H2,1H3,(H,44,56)(H,46,55,57)/t23?,24?,25-,26?,31?,40?/m1/s1. The quantitative estimate of drug-likeness (QED) is 0.211. The van der Waals surface area contributed by atoms with E-state index < -0.39 is 36.3 Å². The molecule has 10 rings (SSSR count). The van der Waals surface area contributed by atoms with Crippen LogP contribution in [0, 0.1) is 5.92 Å². The van der Waals surface area contributed by atoms with Gasteiger partial charge < -0.3 is 34.8 Å². The van der Waals surface area contributed by atoms with Crippen LogP contribution in [0.1, 0.15) is 73.5 Å². The first kappa shape index (κ1) is 37.8. The summed E-state index contributed by atoms with van der Waals surface area (Å²) in [6, 6.07) is 7.34. The number of ether oxygens (including phenoxy) is 1. The molecule has 17 nitrogen and oxygen atoms in total. The number of anilines is 5. The molecular formula is C40H48F2N12O5. The number of para-hydroxylation sites is 1. The maximum atomic E-state index is 14.3. The molecule has 8 heterocycles. The fraction of sp³-hybridized carbons (Fsp3) is 0.550. The minimum Gasteiger partial charge on any atom is -0.374 e. The van der Waals surface area contributed by atoms with Crippen molar-refractivity contribution >= 4 is 51.9 Å². The van der Waals surface area contributed by atoms with E-state index in [0.29, 0.717) is 24.6 Å². The van der Waals surface area contributed by atoms with Crippen molar-refractivity contribution in [3.63, 3.8) is 0 Å². The number of aliphatic hydroxyl groups excluding tert-OH is 1. The molecule has 3 N–H and O–H groups in total. The molecule has 3 unspecified atom stereocenters. The summed E-state index contributed by atoms with van der Waals surface area (Å²) in [5.74, 6) is -0.0646. The van der Waals surface area contributed by atoms with E-state index in [-0.39, 0.29) is 41.8 Å². The molecule has 6 aliphatic rings. The summed E-state index contributed by atoms with van der Waals surface area (Å²) in [5.41, 5.74) is 2.72. The highest BCUT2D eigenvalue weighted by Crippen LogP contribution is 2.47. The minimum atomic E-state index is -2.87. The van der Waals surface area contributed by atoms with Crippen LogP contribution in [0.2, 0.25) is 0 Å². The Morgan fingerprint density at radius 3 is 2.58 bits per heavy atom. The van der Waals surface area contributed by atoms with Gasteiger partial charge in [-0.2, -0.15) is 10.2 Å². The van der Waals surface area contributed by atoms with Gasteiger partial charge >= 0.3 is 0 Å². The Kier molecular flexibility index (Phi) is 9.63. The number of aromatic nitrogens is 5. The topological polar surface area (TPSA) is 169 Å². The van der Waals surface area contributed by atoms with E-state index in [0.717, 1.165) is 94.3 Å². The van der Waals surface area contributed by atoms with Crippen LogP contribution in [0.4, 0.5) is 37.3 Å². The van der Waals surface area contributed by atoms with Gasteiger partial charge in [-0.3, -0.25) is 29.3 Å². The molecule has 0 spiro atoms. The maximum Gasteiger partial charge on any atom is 0.284 e. The van der Waals surface area contributed by atoms with Crippen molar-refractivity contribution < 1.29 is 33.0 Å². The summed E-state index contributed by atoms with van der Waals surface area (Å²) in [4.78, 5) is 53.3. The smallest absolute Gasteiger partial charge is 0.284 e. The maximum absolute atomic E-state index is 14.3. The van der Waals surface area contributed by atoms with Crippen molar-refractivity contribution in [2.75, 3.05) is 77.8 Å². The first-order valence-electron chi connectivity index (χ1n) is 20.6. The number of imide groups is 1. The summed E-state index contributed by atoms with van der Waals surface area (Å²) < 4.78 is 37.5. The van der Waals surface area contributed by atoms with Gasteiger partial charge in [-0.1, -0.05) is 6.07 Å². The number of carbonyl (C=O) groups excluding carboxylic acids is 3. The van der Waals surface area contributed by atoms with E-state index in [1.165, 1.54) is 16.9 Å². The molecule has 5 fully saturated rings. The number of morpholine rings is 1.